The van der Waals surface area contributed by atoms with Crippen LogP contribution in [0.5, 0.6) is 11.5 Å². The number of ether oxygens (including phenoxy) is 2. The van der Waals surface area contributed by atoms with E-state index in [1.807, 2.05) is 18.2 Å². The number of furan rings is 1. The lowest BCUT2D eigenvalue weighted by atomic mass is 10.1. The second kappa shape index (κ2) is 7.57. The molecule has 0 aliphatic rings. The minimum atomic E-state index is -1.33. The van der Waals surface area contributed by atoms with Crippen LogP contribution in [0, 0.1) is 0 Å². The van der Waals surface area contributed by atoms with Crippen LogP contribution in [0.1, 0.15) is 16.1 Å². The molecule has 3 rings (SSSR count). The van der Waals surface area contributed by atoms with Gasteiger partial charge in [-0.2, -0.15) is 0 Å². The van der Waals surface area contributed by atoms with Gasteiger partial charge in [0.05, 0.1) is 13.1 Å². The number of rotatable bonds is 7. The Labute approximate surface area is 149 Å². The smallest absolute Gasteiger partial charge is 0.221 e. The molecule has 0 fully saturated rings. The Morgan fingerprint density at radius 2 is 1.92 bits per heavy atom. The third kappa shape index (κ3) is 3.92. The van der Waals surface area contributed by atoms with Gasteiger partial charge < -0.3 is 23.8 Å². The number of hydrogen-bond acceptors (Lipinski definition) is 6. The molecule has 1 heterocycles. The zero-order valence-electron chi connectivity index (χ0n) is 13.9. The van der Waals surface area contributed by atoms with E-state index in [1.54, 1.807) is 36.4 Å². The van der Waals surface area contributed by atoms with Gasteiger partial charge in [0.25, 0.3) is 0 Å². The molecular weight excluding hydrogens is 336 g/mol. The van der Waals surface area contributed by atoms with Gasteiger partial charge in [0.2, 0.25) is 5.78 Å². The van der Waals surface area contributed by atoms with E-state index in [0.29, 0.717) is 16.9 Å². The Morgan fingerprint density at radius 3 is 2.65 bits per heavy atom. The van der Waals surface area contributed by atoms with Crippen LogP contribution in [0.3, 0.4) is 0 Å². The maximum atomic E-state index is 12.3. The maximum Gasteiger partial charge on any atom is 0.221 e. The van der Waals surface area contributed by atoms with Crippen molar-refractivity contribution in [3.8, 4) is 11.5 Å². The van der Waals surface area contributed by atoms with Gasteiger partial charge in [0, 0.05) is 5.39 Å². The quantitative estimate of drug-likeness (QED) is 0.480. The molecule has 0 unspecified atom stereocenters. The first-order chi connectivity index (χ1) is 12.6. The minimum Gasteiger partial charge on any atom is -0.546 e. The van der Waals surface area contributed by atoms with Gasteiger partial charge in [-0.25, -0.2) is 0 Å². The van der Waals surface area contributed by atoms with Gasteiger partial charge >= 0.3 is 0 Å². The highest BCUT2D eigenvalue weighted by atomic mass is 16.5. The summed E-state index contributed by atoms with van der Waals surface area (Å²) in [5, 5.41) is 11.3. The molecule has 0 amide bonds. The number of allylic oxidation sites excluding steroid dienone is 1. The first kappa shape index (κ1) is 17.3. The minimum absolute atomic E-state index is 0.253. The van der Waals surface area contributed by atoms with Crippen molar-refractivity contribution in [1.29, 1.82) is 0 Å². The Bertz CT molecular complexity index is 950. The van der Waals surface area contributed by atoms with Crippen LogP contribution in [-0.2, 0) is 4.79 Å². The highest BCUT2D eigenvalue weighted by Crippen LogP contribution is 2.28. The Kier molecular flexibility index (Phi) is 5.03. The number of carbonyl (C=O) groups is 2. The van der Waals surface area contributed by atoms with E-state index in [9.17, 15) is 14.7 Å². The molecule has 0 atom stereocenters. The third-order valence-electron chi connectivity index (χ3n) is 3.63. The van der Waals surface area contributed by atoms with Crippen molar-refractivity contribution in [1.82, 2.24) is 0 Å². The molecule has 132 valence electrons. The molecule has 0 radical (unpaired) electrons. The van der Waals surface area contributed by atoms with E-state index in [2.05, 4.69) is 0 Å². The summed E-state index contributed by atoms with van der Waals surface area (Å²) >= 11 is 0. The number of carbonyl (C=O) groups excluding carboxylic acids is 2. The molecule has 1 aromatic heterocycles. The summed E-state index contributed by atoms with van der Waals surface area (Å²) < 4.78 is 15.8. The summed E-state index contributed by atoms with van der Waals surface area (Å²) in [5.41, 5.74) is 1.34. The van der Waals surface area contributed by atoms with Crippen LogP contribution in [0.4, 0.5) is 0 Å². The van der Waals surface area contributed by atoms with Crippen molar-refractivity contribution >= 4 is 28.8 Å². The molecule has 6 heteroatoms. The topological polar surface area (TPSA) is 88.8 Å². The number of benzene rings is 2. The first-order valence-corrected chi connectivity index (χ1v) is 7.78. The van der Waals surface area contributed by atoms with E-state index in [4.69, 9.17) is 13.9 Å². The fourth-order valence-electron chi connectivity index (χ4n) is 2.40. The SMILES string of the molecule is COc1cc(/C=C/C(=O)c2cc3ccccc3o2)ccc1OCC(=O)[O-]. The molecule has 0 aliphatic carbocycles. The number of carboxylic acid groups (broad SMARTS) is 1. The monoisotopic (exact) mass is 351 g/mol. The van der Waals surface area contributed by atoms with Crippen LogP contribution in [0.2, 0.25) is 0 Å². The summed E-state index contributed by atoms with van der Waals surface area (Å²) in [7, 11) is 1.44. The van der Waals surface area contributed by atoms with E-state index < -0.39 is 12.6 Å². The number of methoxy groups -OCH3 is 1. The van der Waals surface area contributed by atoms with Crippen molar-refractivity contribution < 1.29 is 28.6 Å². The van der Waals surface area contributed by atoms with Crippen molar-refractivity contribution in [3.05, 3.63) is 65.9 Å². The van der Waals surface area contributed by atoms with Gasteiger partial charge in [-0.05, 0) is 35.9 Å². The lowest BCUT2D eigenvalue weighted by Gasteiger charge is -2.11. The summed E-state index contributed by atoms with van der Waals surface area (Å²) in [6, 6.07) is 13.9. The van der Waals surface area contributed by atoms with Crippen LogP contribution < -0.4 is 14.6 Å². The Balaban J connectivity index is 1.76. The number of aliphatic carboxylic acids is 1. The van der Waals surface area contributed by atoms with E-state index in [1.165, 1.54) is 13.2 Å². The fourth-order valence-corrected chi connectivity index (χ4v) is 2.40. The van der Waals surface area contributed by atoms with Crippen molar-refractivity contribution in [2.75, 3.05) is 13.7 Å². The van der Waals surface area contributed by atoms with Crippen LogP contribution >= 0.6 is 0 Å². The van der Waals surface area contributed by atoms with E-state index in [0.717, 1.165) is 5.39 Å². The lowest BCUT2D eigenvalue weighted by Crippen LogP contribution is -2.29. The van der Waals surface area contributed by atoms with Gasteiger partial charge in [-0.15, -0.1) is 0 Å². The molecule has 6 nitrogen and oxygen atoms in total. The molecule has 0 N–H and O–H groups in total. The molecule has 26 heavy (non-hydrogen) atoms. The second-order valence-electron chi connectivity index (χ2n) is 5.42. The average Bonchev–Trinajstić information content (AvgIpc) is 3.08. The summed E-state index contributed by atoms with van der Waals surface area (Å²) in [6.45, 7) is -0.573. The van der Waals surface area contributed by atoms with E-state index >= 15 is 0 Å². The van der Waals surface area contributed by atoms with Crippen molar-refractivity contribution in [3.63, 3.8) is 0 Å². The molecule has 0 spiro atoms. The maximum absolute atomic E-state index is 12.3. The summed E-state index contributed by atoms with van der Waals surface area (Å²) in [5.74, 6) is -0.713. The molecular formula is C20H15O6-. The highest BCUT2D eigenvalue weighted by molar-refractivity contribution is 6.07. The molecule has 0 aliphatic heterocycles. The predicted octanol–water partition coefficient (Wildman–Crippen LogP) is 2.47. The zero-order chi connectivity index (χ0) is 18.5. The molecule has 2 aromatic carbocycles. The molecule has 3 aromatic rings. The molecule has 0 saturated heterocycles. The summed E-state index contributed by atoms with van der Waals surface area (Å²) in [6.07, 6.45) is 3.01. The van der Waals surface area contributed by atoms with Gasteiger partial charge in [-0.1, -0.05) is 30.3 Å². The average molecular weight is 351 g/mol. The number of para-hydroxylation sites is 1. The standard InChI is InChI=1S/C20H16O6/c1-24-19-10-13(7-9-17(19)25-12-20(22)23)6-8-15(21)18-11-14-4-2-3-5-16(14)26-18/h2-11H,12H2,1H3,(H,22,23)/p-1/b8-6+. The molecule has 0 bridgehead atoms. The zero-order valence-corrected chi connectivity index (χ0v) is 13.9. The Hall–Kier alpha value is -3.54. The fraction of sp³-hybridized carbons (Fsp3) is 0.100. The predicted molar refractivity (Wildman–Crippen MR) is 93.1 cm³/mol. The number of ketones is 1. The van der Waals surface area contributed by atoms with Gasteiger partial charge in [0.15, 0.2) is 17.3 Å². The van der Waals surface area contributed by atoms with Crippen LogP contribution in [0.25, 0.3) is 17.0 Å². The van der Waals surface area contributed by atoms with Crippen LogP contribution in [0.15, 0.2) is 59.0 Å². The Morgan fingerprint density at radius 1 is 1.12 bits per heavy atom. The third-order valence-corrected chi connectivity index (χ3v) is 3.63. The number of hydrogen-bond donors (Lipinski definition) is 0. The van der Waals surface area contributed by atoms with Crippen molar-refractivity contribution in [2.24, 2.45) is 0 Å². The van der Waals surface area contributed by atoms with Crippen LogP contribution in [-0.4, -0.2) is 25.5 Å². The highest BCUT2D eigenvalue weighted by Gasteiger charge is 2.10. The molecule has 0 saturated carbocycles. The normalized spacial score (nSPS) is 11.0. The number of carboxylic acids is 1. The largest absolute Gasteiger partial charge is 0.546 e. The van der Waals surface area contributed by atoms with E-state index in [-0.39, 0.29) is 17.3 Å². The van der Waals surface area contributed by atoms with Gasteiger partial charge in [-0.3, -0.25) is 4.79 Å². The summed E-state index contributed by atoms with van der Waals surface area (Å²) in [4.78, 5) is 22.8. The second-order valence-corrected chi connectivity index (χ2v) is 5.42. The number of fused-ring (bicyclic) bond motifs is 1. The van der Waals surface area contributed by atoms with Crippen molar-refractivity contribution in [2.45, 2.75) is 0 Å². The first-order valence-electron chi connectivity index (χ1n) is 7.78. The van der Waals surface area contributed by atoms with Gasteiger partial charge in [0.1, 0.15) is 12.2 Å². The lowest BCUT2D eigenvalue weighted by molar-refractivity contribution is -0.307.